The minimum absolute atomic E-state index is 0.255. The van der Waals surface area contributed by atoms with Gasteiger partial charge in [0.1, 0.15) is 12.4 Å². The Labute approximate surface area is 229 Å². The van der Waals surface area contributed by atoms with E-state index in [4.69, 9.17) is 4.74 Å². The predicted octanol–water partition coefficient (Wildman–Crippen LogP) is 8.02. The van der Waals surface area contributed by atoms with Crippen molar-refractivity contribution >= 4 is 78.3 Å². The van der Waals surface area contributed by atoms with Gasteiger partial charge < -0.3 is 4.74 Å². The number of thioether (sulfide) groups is 1. The number of benzene rings is 4. The quantitative estimate of drug-likeness (QED) is 0.156. The third kappa shape index (κ3) is 5.63. The molecule has 35 heavy (non-hydrogen) atoms. The van der Waals surface area contributed by atoms with Crippen LogP contribution >= 0.6 is 50.3 Å². The molecule has 1 fully saturated rings. The first kappa shape index (κ1) is 24.1. The van der Waals surface area contributed by atoms with Crippen molar-refractivity contribution in [1.29, 1.82) is 0 Å². The lowest BCUT2D eigenvalue weighted by Crippen LogP contribution is -2.27. The summed E-state index contributed by atoms with van der Waals surface area (Å²) in [5, 5.41) is 2.14. The van der Waals surface area contributed by atoms with Crippen LogP contribution in [-0.4, -0.2) is 16.0 Å². The first-order valence-corrected chi connectivity index (χ1v) is 13.5. The van der Waals surface area contributed by atoms with E-state index in [2.05, 4.69) is 68.9 Å². The fourth-order valence-corrected chi connectivity index (χ4v) is 5.57. The predicted molar refractivity (Wildman–Crippen MR) is 153 cm³/mol. The molecule has 0 bridgehead atoms. The van der Waals surface area contributed by atoms with Gasteiger partial charge in [0.25, 0.3) is 11.1 Å². The van der Waals surface area contributed by atoms with E-state index in [9.17, 15) is 9.59 Å². The Hall–Kier alpha value is -2.62. The van der Waals surface area contributed by atoms with Crippen LogP contribution in [0.1, 0.15) is 16.7 Å². The largest absolute Gasteiger partial charge is 0.488 e. The molecule has 4 nitrogen and oxygen atoms in total. The number of amides is 2. The Morgan fingerprint density at radius 1 is 0.886 bits per heavy atom. The van der Waals surface area contributed by atoms with Gasteiger partial charge in [0.15, 0.2) is 0 Å². The van der Waals surface area contributed by atoms with E-state index in [-0.39, 0.29) is 17.7 Å². The van der Waals surface area contributed by atoms with E-state index in [1.165, 1.54) is 15.7 Å². The molecule has 0 aromatic heterocycles. The SMILES string of the molecule is O=C1S/C(=C\c2ccc(OCc3ccc4ccccc4c3)c(I)c2)C(=O)N1Cc1ccc(Br)cc1. The van der Waals surface area contributed by atoms with Crippen LogP contribution < -0.4 is 4.74 Å². The van der Waals surface area contributed by atoms with Gasteiger partial charge >= 0.3 is 0 Å². The fraction of sp³-hybridized carbons (Fsp3) is 0.0714. The lowest BCUT2D eigenvalue weighted by molar-refractivity contribution is -0.123. The van der Waals surface area contributed by atoms with Crippen molar-refractivity contribution in [1.82, 2.24) is 4.90 Å². The van der Waals surface area contributed by atoms with E-state index >= 15 is 0 Å². The highest BCUT2D eigenvalue weighted by atomic mass is 127. The maximum Gasteiger partial charge on any atom is 0.293 e. The van der Waals surface area contributed by atoms with Crippen LogP contribution in [0.4, 0.5) is 4.79 Å². The van der Waals surface area contributed by atoms with Gasteiger partial charge in [0.05, 0.1) is 15.0 Å². The molecule has 0 radical (unpaired) electrons. The first-order chi connectivity index (χ1) is 17.0. The molecule has 7 heteroatoms. The van der Waals surface area contributed by atoms with E-state index in [1.54, 1.807) is 6.08 Å². The number of hydrogen-bond donors (Lipinski definition) is 0. The molecule has 4 aromatic carbocycles. The van der Waals surface area contributed by atoms with Crippen molar-refractivity contribution in [3.05, 3.63) is 115 Å². The van der Waals surface area contributed by atoms with Crippen molar-refractivity contribution in [2.45, 2.75) is 13.2 Å². The monoisotopic (exact) mass is 655 g/mol. The zero-order valence-corrected chi connectivity index (χ0v) is 23.0. The van der Waals surface area contributed by atoms with Gasteiger partial charge in [-0.1, -0.05) is 70.5 Å². The smallest absolute Gasteiger partial charge is 0.293 e. The van der Waals surface area contributed by atoms with E-state index in [0.717, 1.165) is 42.2 Å². The third-order valence-electron chi connectivity index (χ3n) is 5.59. The Balaban J connectivity index is 1.27. The number of ether oxygens (including phenoxy) is 1. The summed E-state index contributed by atoms with van der Waals surface area (Å²) in [6.07, 6.45) is 1.77. The lowest BCUT2D eigenvalue weighted by Gasteiger charge is -2.12. The minimum atomic E-state index is -0.269. The zero-order valence-electron chi connectivity index (χ0n) is 18.4. The maximum atomic E-state index is 12.9. The average Bonchev–Trinajstić information content (AvgIpc) is 3.12. The number of hydrogen-bond acceptors (Lipinski definition) is 4. The fourth-order valence-electron chi connectivity index (χ4n) is 3.77. The van der Waals surface area contributed by atoms with Gasteiger partial charge in [-0.25, -0.2) is 0 Å². The summed E-state index contributed by atoms with van der Waals surface area (Å²) in [6, 6.07) is 27.9. The highest BCUT2D eigenvalue weighted by Crippen LogP contribution is 2.34. The molecule has 0 saturated carbocycles. The number of carbonyl (C=O) groups is 2. The van der Waals surface area contributed by atoms with Crippen LogP contribution in [0.2, 0.25) is 0 Å². The molecule has 1 heterocycles. The Kier molecular flexibility index (Phi) is 7.27. The van der Waals surface area contributed by atoms with Crippen molar-refractivity contribution in [3.8, 4) is 5.75 Å². The Morgan fingerprint density at radius 2 is 1.63 bits per heavy atom. The molecule has 1 aliphatic rings. The summed E-state index contributed by atoms with van der Waals surface area (Å²) in [6.45, 7) is 0.726. The summed E-state index contributed by atoms with van der Waals surface area (Å²) in [5.41, 5.74) is 2.85. The molecular formula is C28H19BrINO3S. The summed E-state index contributed by atoms with van der Waals surface area (Å²) in [4.78, 5) is 27.1. The molecule has 1 aliphatic heterocycles. The van der Waals surface area contributed by atoms with Crippen LogP contribution in [0.5, 0.6) is 5.75 Å². The molecule has 5 rings (SSSR count). The number of carbonyl (C=O) groups excluding carboxylic acids is 2. The minimum Gasteiger partial charge on any atom is -0.488 e. The molecule has 4 aromatic rings. The second-order valence-electron chi connectivity index (χ2n) is 8.05. The third-order valence-corrected chi connectivity index (χ3v) is 7.87. The molecule has 2 amide bonds. The number of nitrogens with zero attached hydrogens (tertiary/aromatic N) is 1. The molecule has 0 spiro atoms. The van der Waals surface area contributed by atoms with Gasteiger partial charge in [0.2, 0.25) is 0 Å². The van der Waals surface area contributed by atoms with Crippen LogP contribution in [0.25, 0.3) is 16.8 Å². The van der Waals surface area contributed by atoms with Gasteiger partial charge in [-0.3, -0.25) is 14.5 Å². The van der Waals surface area contributed by atoms with Gasteiger partial charge in [-0.15, -0.1) is 0 Å². The van der Waals surface area contributed by atoms with Crippen LogP contribution in [0, 0.1) is 3.57 Å². The molecule has 0 unspecified atom stereocenters. The van der Waals surface area contributed by atoms with Crippen LogP contribution in [0.3, 0.4) is 0 Å². The van der Waals surface area contributed by atoms with Gasteiger partial charge in [0, 0.05) is 4.47 Å². The Bertz CT molecular complexity index is 1470. The summed E-state index contributed by atoms with van der Waals surface area (Å²) in [7, 11) is 0. The van der Waals surface area contributed by atoms with Crippen LogP contribution in [0.15, 0.2) is 94.3 Å². The number of halogens is 2. The van der Waals surface area contributed by atoms with Crippen molar-refractivity contribution in [2.24, 2.45) is 0 Å². The van der Waals surface area contributed by atoms with Crippen molar-refractivity contribution in [3.63, 3.8) is 0 Å². The molecule has 174 valence electrons. The molecule has 0 N–H and O–H groups in total. The van der Waals surface area contributed by atoms with E-state index in [0.29, 0.717) is 11.5 Å². The van der Waals surface area contributed by atoms with Crippen molar-refractivity contribution < 1.29 is 14.3 Å². The average molecular weight is 656 g/mol. The normalized spacial score (nSPS) is 14.8. The molecule has 1 saturated heterocycles. The number of imide groups is 1. The summed E-state index contributed by atoms with van der Waals surface area (Å²) < 4.78 is 7.95. The molecule has 0 atom stereocenters. The first-order valence-electron chi connectivity index (χ1n) is 10.9. The molecular weight excluding hydrogens is 637 g/mol. The maximum absolute atomic E-state index is 12.9. The van der Waals surface area contributed by atoms with Crippen LogP contribution in [-0.2, 0) is 17.9 Å². The second kappa shape index (κ2) is 10.6. The zero-order chi connectivity index (χ0) is 24.4. The molecule has 0 aliphatic carbocycles. The lowest BCUT2D eigenvalue weighted by atomic mass is 10.1. The second-order valence-corrected chi connectivity index (χ2v) is 11.1. The highest BCUT2D eigenvalue weighted by Gasteiger charge is 2.35. The van der Waals surface area contributed by atoms with E-state index < -0.39 is 0 Å². The van der Waals surface area contributed by atoms with Gasteiger partial charge in [-0.05, 0) is 98.2 Å². The summed E-state index contributed by atoms with van der Waals surface area (Å²) in [5.74, 6) is 0.508. The highest BCUT2D eigenvalue weighted by molar-refractivity contribution is 14.1. The standard InChI is InChI=1S/C28H19BrINO3S/c29-23-10-6-18(7-11-23)16-31-27(32)26(35-28(31)33)15-19-8-12-25(24(30)14-19)34-17-20-5-9-21-3-1-2-4-22(21)13-20/h1-15H,16-17H2/b26-15-. The number of fused-ring (bicyclic) bond motifs is 1. The summed E-state index contributed by atoms with van der Waals surface area (Å²) >= 11 is 6.61. The Morgan fingerprint density at radius 3 is 2.40 bits per heavy atom. The van der Waals surface area contributed by atoms with Gasteiger partial charge in [-0.2, -0.15) is 0 Å². The number of rotatable bonds is 6. The topological polar surface area (TPSA) is 46.6 Å². The van der Waals surface area contributed by atoms with E-state index in [1.807, 2.05) is 54.6 Å². The van der Waals surface area contributed by atoms with Crippen molar-refractivity contribution in [2.75, 3.05) is 0 Å².